The maximum absolute atomic E-state index is 5.56. The van der Waals surface area contributed by atoms with Crippen LogP contribution in [0.1, 0.15) is 41.6 Å². The number of hydrogen-bond acceptors (Lipinski definition) is 8. The molecule has 1 aliphatic carbocycles. The van der Waals surface area contributed by atoms with Crippen molar-refractivity contribution in [3.63, 3.8) is 0 Å². The molecule has 0 saturated heterocycles. The minimum absolute atomic E-state index is 0.181. The second-order valence-electron chi connectivity index (χ2n) is 7.45. The molecule has 1 aromatic carbocycles. The van der Waals surface area contributed by atoms with E-state index in [4.69, 9.17) is 19.3 Å². The highest BCUT2D eigenvalue weighted by atomic mass is 32.1. The molecule has 0 aliphatic heterocycles. The molecule has 9 heteroatoms. The fraction of sp³-hybridized carbons (Fsp3) is 0.364. The summed E-state index contributed by atoms with van der Waals surface area (Å²) < 4.78 is 12.4. The van der Waals surface area contributed by atoms with Crippen molar-refractivity contribution in [3.05, 3.63) is 46.4 Å². The van der Waals surface area contributed by atoms with Gasteiger partial charge in [0.1, 0.15) is 11.2 Å². The summed E-state index contributed by atoms with van der Waals surface area (Å²) in [5.74, 6) is 1.89. The first-order valence-electron chi connectivity index (χ1n) is 10.2. The summed E-state index contributed by atoms with van der Waals surface area (Å²) in [6.45, 7) is 2.06. The predicted molar refractivity (Wildman–Crippen MR) is 119 cm³/mol. The Bertz CT molecular complexity index is 1290. The van der Waals surface area contributed by atoms with Crippen LogP contribution in [0, 0.1) is 0 Å². The van der Waals surface area contributed by atoms with Gasteiger partial charge >= 0.3 is 0 Å². The van der Waals surface area contributed by atoms with E-state index >= 15 is 0 Å². The number of oxime groups is 1. The van der Waals surface area contributed by atoms with Gasteiger partial charge in [-0.2, -0.15) is 0 Å². The summed E-state index contributed by atoms with van der Waals surface area (Å²) in [4.78, 5) is 17.4. The zero-order chi connectivity index (χ0) is 21.4. The van der Waals surface area contributed by atoms with Crippen LogP contribution in [0.3, 0.4) is 0 Å². The van der Waals surface area contributed by atoms with Crippen LogP contribution in [0.25, 0.3) is 15.9 Å². The van der Waals surface area contributed by atoms with Crippen molar-refractivity contribution in [2.45, 2.75) is 39.2 Å². The number of aromatic nitrogens is 4. The Morgan fingerprint density at radius 3 is 2.84 bits per heavy atom. The van der Waals surface area contributed by atoms with Gasteiger partial charge in [0.15, 0.2) is 29.6 Å². The van der Waals surface area contributed by atoms with Gasteiger partial charge in [-0.1, -0.05) is 5.16 Å². The van der Waals surface area contributed by atoms with Crippen LogP contribution >= 0.6 is 11.3 Å². The molecule has 0 atom stereocenters. The van der Waals surface area contributed by atoms with Gasteiger partial charge in [-0.3, -0.25) is 0 Å². The van der Waals surface area contributed by atoms with E-state index in [2.05, 4.69) is 15.2 Å². The van der Waals surface area contributed by atoms with Gasteiger partial charge < -0.3 is 14.3 Å². The number of rotatable bonds is 6. The average Bonchev–Trinajstić information content (AvgIpc) is 3.38. The van der Waals surface area contributed by atoms with Crippen LogP contribution in [-0.2, 0) is 24.3 Å². The number of fused-ring (bicyclic) bond motifs is 5. The van der Waals surface area contributed by atoms with Crippen molar-refractivity contribution in [2.24, 2.45) is 5.16 Å². The van der Waals surface area contributed by atoms with Crippen molar-refractivity contribution in [2.75, 3.05) is 14.2 Å². The van der Waals surface area contributed by atoms with Crippen molar-refractivity contribution in [1.29, 1.82) is 0 Å². The van der Waals surface area contributed by atoms with Crippen LogP contribution in [0.15, 0.2) is 29.7 Å². The van der Waals surface area contributed by atoms with Gasteiger partial charge in [-0.25, -0.2) is 14.5 Å². The molecule has 1 aliphatic rings. The van der Waals surface area contributed by atoms with Crippen LogP contribution < -0.4 is 9.47 Å². The second kappa shape index (κ2) is 8.14. The molecular formula is C22H23N5O3S. The molecule has 0 unspecified atom stereocenters. The zero-order valence-corrected chi connectivity index (χ0v) is 18.5. The Morgan fingerprint density at radius 2 is 2.00 bits per heavy atom. The summed E-state index contributed by atoms with van der Waals surface area (Å²) in [6, 6.07) is 5.62. The molecule has 0 spiro atoms. The summed E-state index contributed by atoms with van der Waals surface area (Å²) in [5.41, 5.74) is 3.85. The van der Waals surface area contributed by atoms with E-state index in [0.717, 1.165) is 40.0 Å². The van der Waals surface area contributed by atoms with E-state index in [1.54, 1.807) is 36.4 Å². The second-order valence-corrected chi connectivity index (χ2v) is 8.54. The van der Waals surface area contributed by atoms with Gasteiger partial charge in [0.25, 0.3) is 0 Å². The van der Waals surface area contributed by atoms with Gasteiger partial charge in [0.05, 0.1) is 25.3 Å². The molecule has 0 N–H and O–H groups in total. The highest BCUT2D eigenvalue weighted by Gasteiger charge is 2.20. The minimum Gasteiger partial charge on any atom is -0.493 e. The Balaban J connectivity index is 1.37. The van der Waals surface area contributed by atoms with Gasteiger partial charge in [-0.15, -0.1) is 16.4 Å². The summed E-state index contributed by atoms with van der Waals surface area (Å²) >= 11 is 1.78. The van der Waals surface area contributed by atoms with Gasteiger partial charge in [0, 0.05) is 10.4 Å². The van der Waals surface area contributed by atoms with E-state index in [9.17, 15) is 0 Å². The molecular weight excluding hydrogens is 414 g/mol. The number of ether oxygens (including phenoxy) is 2. The Labute approximate surface area is 183 Å². The van der Waals surface area contributed by atoms with E-state index < -0.39 is 0 Å². The molecule has 8 nitrogen and oxygen atoms in total. The first-order valence-corrected chi connectivity index (χ1v) is 11.0. The zero-order valence-electron chi connectivity index (χ0n) is 17.7. The topological polar surface area (TPSA) is 83.1 Å². The van der Waals surface area contributed by atoms with E-state index in [1.165, 1.54) is 23.3 Å². The molecule has 0 amide bonds. The van der Waals surface area contributed by atoms with Gasteiger partial charge in [0.2, 0.25) is 0 Å². The largest absolute Gasteiger partial charge is 0.493 e. The van der Waals surface area contributed by atoms with Crippen LogP contribution in [0.4, 0.5) is 0 Å². The van der Waals surface area contributed by atoms with Crippen LogP contribution in [0.5, 0.6) is 11.5 Å². The molecule has 3 aromatic heterocycles. The number of methoxy groups -OCH3 is 2. The Kier molecular flexibility index (Phi) is 5.19. The number of hydrogen-bond donors (Lipinski definition) is 0. The molecule has 0 bridgehead atoms. The van der Waals surface area contributed by atoms with E-state index in [-0.39, 0.29) is 6.61 Å². The standard InChI is InChI=1S/C22H23N5O3S/c1-13(14-8-9-16(28-2)17(10-14)29-3)26-30-11-19-24-21-20-15-6-4-5-7-18(15)31-22(20)23-12-27(21)25-19/h8-10,12H,4-7,11H2,1-3H3/b26-13-. The summed E-state index contributed by atoms with van der Waals surface area (Å²) in [5, 5.41) is 9.90. The summed E-state index contributed by atoms with van der Waals surface area (Å²) in [6.07, 6.45) is 6.42. The van der Waals surface area contributed by atoms with Crippen molar-refractivity contribution in [3.8, 4) is 11.5 Å². The molecule has 5 rings (SSSR count). The molecule has 3 heterocycles. The SMILES string of the molecule is COc1ccc(/C(C)=N\OCc2nc3c4c5c(sc4ncn3n2)CCCC5)cc1OC. The van der Waals surface area contributed by atoms with Crippen LogP contribution in [-0.4, -0.2) is 39.5 Å². The third-order valence-corrected chi connectivity index (χ3v) is 6.73. The monoisotopic (exact) mass is 437 g/mol. The lowest BCUT2D eigenvalue weighted by molar-refractivity contribution is 0.125. The molecule has 31 heavy (non-hydrogen) atoms. The maximum Gasteiger partial charge on any atom is 0.192 e. The molecule has 160 valence electrons. The number of thiophene rings is 1. The third kappa shape index (κ3) is 3.59. The maximum atomic E-state index is 5.56. The van der Waals surface area contributed by atoms with E-state index in [0.29, 0.717) is 17.3 Å². The smallest absolute Gasteiger partial charge is 0.192 e. The normalized spacial score (nSPS) is 14.1. The fourth-order valence-electron chi connectivity index (χ4n) is 3.96. The fourth-order valence-corrected chi connectivity index (χ4v) is 5.18. The first kappa shape index (κ1) is 19.7. The lowest BCUT2D eigenvalue weighted by atomic mass is 9.97. The predicted octanol–water partition coefficient (Wildman–Crippen LogP) is 4.18. The van der Waals surface area contributed by atoms with Crippen molar-refractivity contribution >= 4 is 32.9 Å². The quantitative estimate of drug-likeness (QED) is 0.332. The minimum atomic E-state index is 0.181. The molecule has 0 fully saturated rings. The highest BCUT2D eigenvalue weighted by Crippen LogP contribution is 2.36. The Morgan fingerprint density at radius 1 is 1.16 bits per heavy atom. The molecule has 4 aromatic rings. The lowest BCUT2D eigenvalue weighted by Gasteiger charge is -2.09. The number of aryl methyl sites for hydroxylation is 2. The summed E-state index contributed by atoms with van der Waals surface area (Å²) in [7, 11) is 3.22. The van der Waals surface area contributed by atoms with Gasteiger partial charge in [-0.05, 0) is 56.4 Å². The number of nitrogens with zero attached hydrogens (tertiary/aromatic N) is 5. The lowest BCUT2D eigenvalue weighted by Crippen LogP contribution is -1.99. The van der Waals surface area contributed by atoms with Crippen molar-refractivity contribution < 1.29 is 14.3 Å². The van der Waals surface area contributed by atoms with Crippen LogP contribution in [0.2, 0.25) is 0 Å². The van der Waals surface area contributed by atoms with E-state index in [1.807, 2.05) is 25.1 Å². The number of benzene rings is 1. The average molecular weight is 438 g/mol. The highest BCUT2D eigenvalue weighted by molar-refractivity contribution is 7.19. The molecule has 0 saturated carbocycles. The Hall–Kier alpha value is -3.20. The van der Waals surface area contributed by atoms with Crippen molar-refractivity contribution in [1.82, 2.24) is 19.6 Å². The first-order chi connectivity index (χ1) is 15.2. The third-order valence-electron chi connectivity index (χ3n) is 5.53. The molecule has 0 radical (unpaired) electrons.